The van der Waals surface area contributed by atoms with E-state index in [0.29, 0.717) is 49.1 Å². The van der Waals surface area contributed by atoms with Crippen molar-refractivity contribution in [2.24, 2.45) is 5.73 Å². The van der Waals surface area contributed by atoms with Crippen molar-refractivity contribution in [1.29, 1.82) is 0 Å². The Morgan fingerprint density at radius 2 is 1.63 bits per heavy atom. The Bertz CT molecular complexity index is 1280. The number of nitrogens with two attached hydrogens (primary N) is 1. The standard InChI is InChI=1S/C27H26BrCl4N3O3/c28-19-3-6-24(38-15-17-1-4-20(29)5-2-17)18(11-19)14-34-9-7-27(37,8-10-34)16-35(26(33)36)25-22(31)12-21(30)13-23(25)32/h1-6,11-13,37H,7-10,14-16H2,(H2,33,36). The van der Waals surface area contributed by atoms with Crippen LogP contribution in [0.2, 0.25) is 20.1 Å². The number of hydrogen-bond acceptors (Lipinski definition) is 4. The zero-order valence-electron chi connectivity index (χ0n) is 20.3. The van der Waals surface area contributed by atoms with Crippen LogP contribution < -0.4 is 15.4 Å². The first-order valence-electron chi connectivity index (χ1n) is 11.8. The third-order valence-corrected chi connectivity index (χ3v) is 8.02. The maximum absolute atomic E-state index is 12.3. The molecule has 202 valence electrons. The number of benzene rings is 3. The highest BCUT2D eigenvalue weighted by Gasteiger charge is 2.37. The Hall–Kier alpha value is -1.71. The largest absolute Gasteiger partial charge is 0.489 e. The molecule has 0 radical (unpaired) electrons. The number of likely N-dealkylation sites (tertiary alicyclic amines) is 1. The summed E-state index contributed by atoms with van der Waals surface area (Å²) in [6.45, 7) is 2.23. The van der Waals surface area contributed by atoms with E-state index >= 15 is 0 Å². The molecule has 0 spiro atoms. The molecule has 1 saturated heterocycles. The number of ether oxygens (including phenoxy) is 1. The monoisotopic (exact) mass is 659 g/mol. The van der Waals surface area contributed by atoms with Crippen LogP contribution in [0.25, 0.3) is 0 Å². The maximum atomic E-state index is 12.3. The average Bonchev–Trinajstić information content (AvgIpc) is 2.85. The van der Waals surface area contributed by atoms with E-state index in [-0.39, 0.29) is 22.3 Å². The van der Waals surface area contributed by atoms with E-state index in [1.165, 1.54) is 17.0 Å². The maximum Gasteiger partial charge on any atom is 0.319 e. The third kappa shape index (κ3) is 7.48. The molecule has 11 heteroatoms. The van der Waals surface area contributed by atoms with Gasteiger partial charge < -0.3 is 15.6 Å². The molecule has 6 nitrogen and oxygen atoms in total. The molecule has 2 amide bonds. The topological polar surface area (TPSA) is 79.0 Å². The van der Waals surface area contributed by atoms with Gasteiger partial charge in [0.1, 0.15) is 12.4 Å². The Morgan fingerprint density at radius 3 is 2.24 bits per heavy atom. The summed E-state index contributed by atoms with van der Waals surface area (Å²) in [6.07, 6.45) is 0.850. The van der Waals surface area contributed by atoms with Gasteiger partial charge in [-0.3, -0.25) is 9.80 Å². The van der Waals surface area contributed by atoms with Crippen LogP contribution >= 0.6 is 62.3 Å². The van der Waals surface area contributed by atoms with Crippen LogP contribution in [0.4, 0.5) is 10.5 Å². The second kappa shape index (κ2) is 12.6. The number of aliphatic hydroxyl groups is 1. The summed E-state index contributed by atoms with van der Waals surface area (Å²) >= 11 is 28.2. The number of halogens is 5. The van der Waals surface area contributed by atoms with Crippen LogP contribution in [0.15, 0.2) is 59.1 Å². The summed E-state index contributed by atoms with van der Waals surface area (Å²) in [5, 5.41) is 12.8. The summed E-state index contributed by atoms with van der Waals surface area (Å²) in [5.41, 5.74) is 6.76. The normalized spacial score (nSPS) is 15.3. The second-order valence-electron chi connectivity index (χ2n) is 9.31. The number of nitrogens with zero attached hydrogens (tertiary/aromatic N) is 2. The summed E-state index contributed by atoms with van der Waals surface area (Å²) in [7, 11) is 0. The number of carbonyl (C=O) groups is 1. The second-order valence-corrected chi connectivity index (χ2v) is 11.9. The van der Waals surface area contributed by atoms with Crippen molar-refractivity contribution in [3.8, 4) is 5.75 Å². The van der Waals surface area contributed by atoms with Gasteiger partial charge in [0.15, 0.2) is 0 Å². The highest BCUT2D eigenvalue weighted by Crippen LogP contribution is 2.38. The highest BCUT2D eigenvalue weighted by molar-refractivity contribution is 9.10. The number of urea groups is 1. The number of primary amides is 1. The van der Waals surface area contributed by atoms with Gasteiger partial charge in [-0.25, -0.2) is 4.79 Å². The molecule has 0 aromatic heterocycles. The molecule has 0 bridgehead atoms. The number of hydrogen-bond donors (Lipinski definition) is 2. The molecule has 4 rings (SSSR count). The number of piperidine rings is 1. The van der Waals surface area contributed by atoms with Crippen molar-refractivity contribution in [2.75, 3.05) is 24.5 Å². The number of rotatable bonds is 8. The molecular formula is C27H26BrCl4N3O3. The molecule has 1 aliphatic heterocycles. The van der Waals surface area contributed by atoms with Gasteiger partial charge >= 0.3 is 6.03 Å². The molecule has 0 aliphatic carbocycles. The third-order valence-electron chi connectivity index (χ3n) is 6.48. The van der Waals surface area contributed by atoms with Crippen molar-refractivity contribution < 1.29 is 14.6 Å². The lowest BCUT2D eigenvalue weighted by Crippen LogP contribution is -2.53. The molecule has 1 fully saturated rings. The zero-order valence-corrected chi connectivity index (χ0v) is 24.9. The lowest BCUT2D eigenvalue weighted by atomic mass is 9.90. The van der Waals surface area contributed by atoms with Crippen LogP contribution in [0, 0.1) is 0 Å². The molecule has 0 unspecified atom stereocenters. The van der Waals surface area contributed by atoms with E-state index in [1.807, 2.05) is 42.5 Å². The molecular weight excluding hydrogens is 636 g/mol. The minimum atomic E-state index is -1.16. The minimum absolute atomic E-state index is 0.0381. The summed E-state index contributed by atoms with van der Waals surface area (Å²) in [6, 6.07) is 15.7. The Kier molecular flexibility index (Phi) is 9.74. The summed E-state index contributed by atoms with van der Waals surface area (Å²) in [4.78, 5) is 15.8. The van der Waals surface area contributed by atoms with Gasteiger partial charge in [0, 0.05) is 39.7 Å². The first-order chi connectivity index (χ1) is 18.0. The van der Waals surface area contributed by atoms with Crippen molar-refractivity contribution in [2.45, 2.75) is 31.6 Å². The molecule has 38 heavy (non-hydrogen) atoms. The molecule has 3 aromatic carbocycles. The zero-order chi connectivity index (χ0) is 27.4. The number of carbonyl (C=O) groups excluding carboxylic acids is 1. The van der Waals surface area contributed by atoms with Crippen LogP contribution in [0.3, 0.4) is 0 Å². The SMILES string of the molecule is NC(=O)N(CC1(O)CCN(Cc2cc(Br)ccc2OCc2ccc(Cl)cc2)CC1)c1c(Cl)cc(Cl)cc1Cl. The van der Waals surface area contributed by atoms with Gasteiger partial charge in [0.2, 0.25) is 0 Å². The first-order valence-corrected chi connectivity index (χ1v) is 14.2. The molecule has 3 aromatic rings. The predicted molar refractivity (Wildman–Crippen MR) is 158 cm³/mol. The van der Waals surface area contributed by atoms with Gasteiger partial charge in [0.25, 0.3) is 0 Å². The molecule has 3 N–H and O–H groups in total. The number of anilines is 1. The van der Waals surface area contributed by atoms with E-state index in [0.717, 1.165) is 21.3 Å². The van der Waals surface area contributed by atoms with E-state index in [4.69, 9.17) is 56.9 Å². The van der Waals surface area contributed by atoms with Gasteiger partial charge in [-0.1, -0.05) is 74.5 Å². The smallest absolute Gasteiger partial charge is 0.319 e. The van der Waals surface area contributed by atoms with E-state index in [9.17, 15) is 9.90 Å². The fourth-order valence-electron chi connectivity index (χ4n) is 4.43. The van der Waals surface area contributed by atoms with Gasteiger partial charge in [-0.15, -0.1) is 0 Å². The Morgan fingerprint density at radius 1 is 1.00 bits per heavy atom. The van der Waals surface area contributed by atoms with Gasteiger partial charge in [-0.05, 0) is 60.9 Å². The highest BCUT2D eigenvalue weighted by atomic mass is 79.9. The van der Waals surface area contributed by atoms with Crippen molar-refractivity contribution in [3.05, 3.63) is 90.3 Å². The predicted octanol–water partition coefficient (Wildman–Crippen LogP) is 7.55. The average molecular weight is 662 g/mol. The van der Waals surface area contributed by atoms with Crippen LogP contribution in [0.1, 0.15) is 24.0 Å². The Labute approximate surface area is 250 Å². The minimum Gasteiger partial charge on any atom is -0.489 e. The quantitative estimate of drug-likeness (QED) is 0.261. The van der Waals surface area contributed by atoms with Crippen molar-refractivity contribution >= 4 is 74.1 Å². The van der Waals surface area contributed by atoms with Crippen LogP contribution in [-0.2, 0) is 13.2 Å². The van der Waals surface area contributed by atoms with Gasteiger partial charge in [-0.2, -0.15) is 0 Å². The molecule has 1 heterocycles. The lowest BCUT2D eigenvalue weighted by Gasteiger charge is -2.41. The fourth-order valence-corrected chi connectivity index (χ4v) is 5.99. The first kappa shape index (κ1) is 29.3. The van der Waals surface area contributed by atoms with Crippen molar-refractivity contribution in [3.63, 3.8) is 0 Å². The molecule has 0 saturated carbocycles. The van der Waals surface area contributed by atoms with Crippen molar-refractivity contribution in [1.82, 2.24) is 4.90 Å². The van der Waals surface area contributed by atoms with E-state index < -0.39 is 11.6 Å². The molecule has 0 atom stereocenters. The molecule has 1 aliphatic rings. The number of amides is 2. The van der Waals surface area contributed by atoms with Gasteiger partial charge in [0.05, 0.1) is 27.9 Å². The van der Waals surface area contributed by atoms with Crippen LogP contribution in [0.5, 0.6) is 5.75 Å². The van der Waals surface area contributed by atoms with E-state index in [1.54, 1.807) is 0 Å². The summed E-state index contributed by atoms with van der Waals surface area (Å²) in [5.74, 6) is 0.788. The fraction of sp³-hybridized carbons (Fsp3) is 0.296. The Balaban J connectivity index is 1.41. The summed E-state index contributed by atoms with van der Waals surface area (Å²) < 4.78 is 7.08. The lowest BCUT2D eigenvalue weighted by molar-refractivity contribution is -0.0156. The van der Waals surface area contributed by atoms with E-state index in [2.05, 4.69) is 20.8 Å². The van der Waals surface area contributed by atoms with Crippen LogP contribution in [-0.4, -0.2) is 41.3 Å².